The second-order valence-electron chi connectivity index (χ2n) is 15.5. The molecule has 12 rings (SSSR count). The van der Waals surface area contributed by atoms with Gasteiger partial charge in [0.15, 0.2) is 0 Å². The van der Waals surface area contributed by atoms with Crippen molar-refractivity contribution in [2.75, 3.05) is 4.90 Å². The maximum atomic E-state index is 5.43. The van der Waals surface area contributed by atoms with E-state index in [1.165, 1.54) is 60.1 Å². The standard InChI is InChI=1S/C57H37N3/c1-3-13-38(14-4-1)40-23-30-44(31-24-40)59(45-32-25-41(26-33-45)39-15-5-2-6-16-39)46-34-27-42(28-35-46)43-29-36-54-53(37-43)49-19-9-12-22-52(49)57-58-55-50-20-10-7-17-47(50)48-18-8-11-21-51(48)56(55)60(54)57/h1-37H. The summed E-state index contributed by atoms with van der Waals surface area (Å²) in [6.45, 7) is 0. The molecule has 2 aromatic heterocycles. The molecule has 0 radical (unpaired) electrons. The lowest BCUT2D eigenvalue weighted by atomic mass is 9.98. The van der Waals surface area contributed by atoms with Crippen molar-refractivity contribution >= 4 is 77.0 Å². The van der Waals surface area contributed by atoms with E-state index in [2.05, 4.69) is 234 Å². The van der Waals surface area contributed by atoms with E-state index in [1.54, 1.807) is 0 Å². The van der Waals surface area contributed by atoms with Gasteiger partial charge < -0.3 is 4.90 Å². The predicted octanol–water partition coefficient (Wildman–Crippen LogP) is 15.6. The molecule has 0 aliphatic heterocycles. The summed E-state index contributed by atoms with van der Waals surface area (Å²) in [5, 5.41) is 8.42. The highest BCUT2D eigenvalue weighted by Gasteiger charge is 2.20. The van der Waals surface area contributed by atoms with Gasteiger partial charge in [-0.05, 0) is 98.1 Å². The molecule has 12 aromatic rings. The molecule has 0 spiro atoms. The van der Waals surface area contributed by atoms with E-state index >= 15 is 0 Å². The van der Waals surface area contributed by atoms with Crippen LogP contribution < -0.4 is 4.90 Å². The van der Waals surface area contributed by atoms with Gasteiger partial charge in [-0.2, -0.15) is 0 Å². The largest absolute Gasteiger partial charge is 0.311 e. The van der Waals surface area contributed by atoms with Gasteiger partial charge in [0.05, 0.1) is 16.6 Å². The van der Waals surface area contributed by atoms with Crippen molar-refractivity contribution in [3.05, 3.63) is 224 Å². The third-order valence-corrected chi connectivity index (χ3v) is 12.2. The topological polar surface area (TPSA) is 20.5 Å². The average molecular weight is 764 g/mol. The summed E-state index contributed by atoms with van der Waals surface area (Å²) in [7, 11) is 0. The first kappa shape index (κ1) is 34.1. The summed E-state index contributed by atoms with van der Waals surface area (Å²) < 4.78 is 2.40. The van der Waals surface area contributed by atoms with Gasteiger partial charge in [0.25, 0.3) is 0 Å². The third kappa shape index (κ3) is 5.48. The van der Waals surface area contributed by atoms with Crippen LogP contribution in [0.1, 0.15) is 0 Å². The summed E-state index contributed by atoms with van der Waals surface area (Å²) in [5.41, 5.74) is 14.8. The number of hydrogen-bond donors (Lipinski definition) is 0. The zero-order valence-electron chi connectivity index (χ0n) is 32.7. The molecule has 2 heterocycles. The summed E-state index contributed by atoms with van der Waals surface area (Å²) in [6.07, 6.45) is 0. The van der Waals surface area contributed by atoms with Crippen LogP contribution in [0.5, 0.6) is 0 Å². The van der Waals surface area contributed by atoms with Crippen molar-refractivity contribution in [3.8, 4) is 33.4 Å². The maximum Gasteiger partial charge on any atom is 0.146 e. The van der Waals surface area contributed by atoms with E-state index in [0.717, 1.165) is 50.2 Å². The average Bonchev–Trinajstić information content (AvgIpc) is 3.75. The molecular formula is C57H37N3. The van der Waals surface area contributed by atoms with Gasteiger partial charge in [-0.15, -0.1) is 0 Å². The lowest BCUT2D eigenvalue weighted by Crippen LogP contribution is -2.09. The first-order valence-electron chi connectivity index (χ1n) is 20.5. The van der Waals surface area contributed by atoms with Crippen LogP contribution in [0, 0.1) is 0 Å². The highest BCUT2D eigenvalue weighted by molar-refractivity contribution is 6.26. The molecule has 0 N–H and O–H groups in total. The predicted molar refractivity (Wildman–Crippen MR) is 254 cm³/mol. The Kier molecular flexibility index (Phi) is 7.85. The Morgan fingerprint density at radius 3 is 1.22 bits per heavy atom. The highest BCUT2D eigenvalue weighted by Crippen LogP contribution is 2.42. The number of fused-ring (bicyclic) bond motifs is 13. The van der Waals surface area contributed by atoms with Crippen molar-refractivity contribution in [2.45, 2.75) is 0 Å². The molecule has 0 amide bonds. The normalized spacial score (nSPS) is 11.7. The minimum Gasteiger partial charge on any atom is -0.311 e. The number of nitrogens with zero attached hydrogens (tertiary/aromatic N) is 3. The zero-order chi connectivity index (χ0) is 39.6. The van der Waals surface area contributed by atoms with E-state index in [4.69, 9.17) is 4.98 Å². The van der Waals surface area contributed by atoms with Crippen molar-refractivity contribution < 1.29 is 0 Å². The lowest BCUT2D eigenvalue weighted by Gasteiger charge is -2.26. The first-order valence-corrected chi connectivity index (χ1v) is 20.5. The molecular weight excluding hydrogens is 727 g/mol. The molecule has 0 saturated carbocycles. The van der Waals surface area contributed by atoms with Crippen molar-refractivity contribution in [2.24, 2.45) is 0 Å². The Morgan fingerprint density at radius 2 is 0.683 bits per heavy atom. The number of hydrogen-bond acceptors (Lipinski definition) is 2. The van der Waals surface area contributed by atoms with E-state index in [1.807, 2.05) is 0 Å². The second-order valence-corrected chi connectivity index (χ2v) is 15.5. The van der Waals surface area contributed by atoms with Gasteiger partial charge in [0.2, 0.25) is 0 Å². The molecule has 280 valence electrons. The molecule has 0 unspecified atom stereocenters. The minimum absolute atomic E-state index is 0.986. The van der Waals surface area contributed by atoms with Crippen molar-refractivity contribution in [3.63, 3.8) is 0 Å². The monoisotopic (exact) mass is 763 g/mol. The van der Waals surface area contributed by atoms with Gasteiger partial charge in [0, 0.05) is 38.6 Å². The number of pyridine rings is 1. The van der Waals surface area contributed by atoms with Gasteiger partial charge in [0.1, 0.15) is 5.65 Å². The number of aromatic nitrogens is 2. The van der Waals surface area contributed by atoms with Gasteiger partial charge in [-0.3, -0.25) is 4.40 Å². The van der Waals surface area contributed by atoms with Crippen LogP contribution >= 0.6 is 0 Å². The minimum atomic E-state index is 0.986. The molecule has 10 aromatic carbocycles. The smallest absolute Gasteiger partial charge is 0.146 e. The quantitative estimate of drug-likeness (QED) is 0.157. The molecule has 60 heavy (non-hydrogen) atoms. The van der Waals surface area contributed by atoms with Crippen molar-refractivity contribution in [1.29, 1.82) is 0 Å². The Bertz CT molecular complexity index is 3470. The fraction of sp³-hybridized carbons (Fsp3) is 0. The van der Waals surface area contributed by atoms with E-state index in [9.17, 15) is 0 Å². The maximum absolute atomic E-state index is 5.43. The second kappa shape index (κ2) is 13.8. The molecule has 0 bridgehead atoms. The van der Waals surface area contributed by atoms with Crippen LogP contribution in [0.2, 0.25) is 0 Å². The van der Waals surface area contributed by atoms with Crippen molar-refractivity contribution in [1.82, 2.24) is 9.38 Å². The SMILES string of the molecule is c1ccc(-c2ccc(N(c3ccc(-c4ccccc4)cc3)c3ccc(-c4ccc5c(c4)c4ccccc4c4nc6c7ccccc7c7ccccc7c6n54)cc3)cc2)cc1. The van der Waals surface area contributed by atoms with E-state index < -0.39 is 0 Å². The summed E-state index contributed by atoms with van der Waals surface area (Å²) in [6, 6.07) is 81.0. The van der Waals surface area contributed by atoms with Crippen LogP contribution in [0.4, 0.5) is 17.1 Å². The fourth-order valence-corrected chi connectivity index (χ4v) is 9.28. The molecule has 0 fully saturated rings. The van der Waals surface area contributed by atoms with Crippen LogP contribution in [0.15, 0.2) is 224 Å². The summed E-state index contributed by atoms with van der Waals surface area (Å²) >= 11 is 0. The third-order valence-electron chi connectivity index (χ3n) is 12.2. The molecule has 0 aliphatic rings. The van der Waals surface area contributed by atoms with Crippen LogP contribution in [-0.4, -0.2) is 9.38 Å². The number of imidazole rings is 1. The Labute approximate surface area is 347 Å². The van der Waals surface area contributed by atoms with Crippen LogP contribution in [-0.2, 0) is 0 Å². The number of benzene rings is 10. The van der Waals surface area contributed by atoms with E-state index in [0.29, 0.717) is 0 Å². The molecule has 0 saturated heterocycles. The molecule has 0 aliphatic carbocycles. The Morgan fingerprint density at radius 1 is 0.300 bits per heavy atom. The van der Waals surface area contributed by atoms with E-state index in [-0.39, 0.29) is 0 Å². The summed E-state index contributed by atoms with van der Waals surface area (Å²) in [4.78, 5) is 7.77. The Hall–Kier alpha value is -8.01. The Balaban J connectivity index is 0.991. The van der Waals surface area contributed by atoms with Gasteiger partial charge >= 0.3 is 0 Å². The van der Waals surface area contributed by atoms with Crippen LogP contribution in [0.3, 0.4) is 0 Å². The van der Waals surface area contributed by atoms with Gasteiger partial charge in [-0.1, -0.05) is 176 Å². The number of anilines is 3. The number of rotatable bonds is 6. The molecule has 3 nitrogen and oxygen atoms in total. The first-order chi connectivity index (χ1) is 29.8. The highest BCUT2D eigenvalue weighted by atomic mass is 15.1. The van der Waals surface area contributed by atoms with Gasteiger partial charge in [-0.25, -0.2) is 4.98 Å². The lowest BCUT2D eigenvalue weighted by molar-refractivity contribution is 1.28. The van der Waals surface area contributed by atoms with Crippen LogP contribution in [0.25, 0.3) is 93.3 Å². The zero-order valence-corrected chi connectivity index (χ0v) is 32.7. The fourth-order valence-electron chi connectivity index (χ4n) is 9.28. The summed E-state index contributed by atoms with van der Waals surface area (Å²) in [5.74, 6) is 0. The molecule has 3 heteroatoms. The molecule has 0 atom stereocenters.